The zero-order chi connectivity index (χ0) is 24.7. The van der Waals surface area contributed by atoms with Crippen LogP contribution in [-0.2, 0) is 4.79 Å². The van der Waals surface area contributed by atoms with Gasteiger partial charge in [0.25, 0.3) is 5.91 Å². The zero-order valence-corrected chi connectivity index (χ0v) is 20.3. The summed E-state index contributed by atoms with van der Waals surface area (Å²) in [5.41, 5.74) is 6.28. The van der Waals surface area contributed by atoms with Gasteiger partial charge in [-0.2, -0.15) is 0 Å². The maximum absolute atomic E-state index is 12.4. The number of carbonyl (C=O) groups excluding carboxylic acids is 1. The Balaban J connectivity index is 1.87. The second-order valence-corrected chi connectivity index (χ2v) is 8.78. The number of amides is 1. The van der Waals surface area contributed by atoms with E-state index in [4.69, 9.17) is 5.11 Å². The molecule has 34 heavy (non-hydrogen) atoms. The lowest BCUT2D eigenvalue weighted by Gasteiger charge is -2.22. The van der Waals surface area contributed by atoms with Crippen molar-refractivity contribution in [2.75, 3.05) is 44.5 Å². The highest BCUT2D eigenvalue weighted by Gasteiger charge is 2.18. The summed E-state index contributed by atoms with van der Waals surface area (Å²) >= 11 is 0. The van der Waals surface area contributed by atoms with Gasteiger partial charge in [-0.1, -0.05) is 36.4 Å². The number of nitrogens with zero attached hydrogens (tertiary/aromatic N) is 2. The highest BCUT2D eigenvalue weighted by Crippen LogP contribution is 2.34. The van der Waals surface area contributed by atoms with Gasteiger partial charge in [-0.15, -0.1) is 0 Å². The van der Waals surface area contributed by atoms with Gasteiger partial charge in [0.1, 0.15) is 0 Å². The van der Waals surface area contributed by atoms with Crippen molar-refractivity contribution >= 4 is 23.3 Å². The SMILES string of the molecule is CN(C)c1ccc(C(c2ccc(C(=O)NCCCC(=O)O)cc2)c2ccc(N(C)C)cc2)cc1. The second kappa shape index (κ2) is 11.4. The van der Waals surface area contributed by atoms with E-state index in [2.05, 4.69) is 63.6 Å². The molecule has 0 bridgehead atoms. The molecule has 0 aliphatic rings. The molecule has 178 valence electrons. The van der Waals surface area contributed by atoms with Crippen molar-refractivity contribution in [1.82, 2.24) is 5.32 Å². The third kappa shape index (κ3) is 6.38. The third-order valence-corrected chi connectivity index (χ3v) is 5.84. The van der Waals surface area contributed by atoms with Crippen molar-refractivity contribution in [3.8, 4) is 0 Å². The van der Waals surface area contributed by atoms with Crippen LogP contribution in [0.4, 0.5) is 11.4 Å². The van der Waals surface area contributed by atoms with E-state index in [-0.39, 0.29) is 18.2 Å². The van der Waals surface area contributed by atoms with Crippen LogP contribution in [-0.4, -0.2) is 51.7 Å². The van der Waals surface area contributed by atoms with Crippen molar-refractivity contribution in [2.24, 2.45) is 0 Å². The van der Waals surface area contributed by atoms with E-state index in [1.807, 2.05) is 52.5 Å². The van der Waals surface area contributed by atoms with E-state index >= 15 is 0 Å². The molecular weight excluding hydrogens is 426 g/mol. The molecule has 0 aliphatic heterocycles. The maximum Gasteiger partial charge on any atom is 0.303 e. The molecule has 3 rings (SSSR count). The molecule has 6 heteroatoms. The molecule has 0 aliphatic carbocycles. The van der Waals surface area contributed by atoms with Gasteiger partial charge in [0, 0.05) is 64.0 Å². The Morgan fingerprint density at radius 2 is 1.15 bits per heavy atom. The normalized spacial score (nSPS) is 10.7. The number of carboxylic acid groups (broad SMARTS) is 1. The Hall–Kier alpha value is -3.80. The van der Waals surface area contributed by atoms with E-state index in [1.54, 1.807) is 0 Å². The van der Waals surface area contributed by atoms with Gasteiger partial charge in [-0.3, -0.25) is 9.59 Å². The lowest BCUT2D eigenvalue weighted by Crippen LogP contribution is -2.24. The van der Waals surface area contributed by atoms with Crippen LogP contribution < -0.4 is 15.1 Å². The highest BCUT2D eigenvalue weighted by molar-refractivity contribution is 5.94. The predicted molar refractivity (Wildman–Crippen MR) is 138 cm³/mol. The van der Waals surface area contributed by atoms with Crippen molar-refractivity contribution in [2.45, 2.75) is 18.8 Å². The van der Waals surface area contributed by atoms with Crippen molar-refractivity contribution in [1.29, 1.82) is 0 Å². The Kier molecular flexibility index (Phi) is 8.30. The minimum absolute atomic E-state index is 0.0279. The fraction of sp³-hybridized carbons (Fsp3) is 0.286. The standard InChI is InChI=1S/C28H33N3O3/c1-30(2)24-15-11-21(12-16-24)27(22-13-17-25(18-14-22)31(3)4)20-7-9-23(10-8-20)28(34)29-19-5-6-26(32)33/h7-18,27H,5-6,19H2,1-4H3,(H,29,34)(H,32,33). The fourth-order valence-electron chi connectivity index (χ4n) is 3.88. The lowest BCUT2D eigenvalue weighted by atomic mass is 9.84. The van der Waals surface area contributed by atoms with E-state index < -0.39 is 5.97 Å². The first-order valence-corrected chi connectivity index (χ1v) is 11.4. The number of benzene rings is 3. The third-order valence-electron chi connectivity index (χ3n) is 5.84. The summed E-state index contributed by atoms with van der Waals surface area (Å²) in [6.45, 7) is 0.339. The monoisotopic (exact) mass is 459 g/mol. The predicted octanol–water partition coefficient (Wildman–Crippen LogP) is 4.59. The number of carbonyl (C=O) groups is 2. The van der Waals surface area contributed by atoms with E-state index in [0.29, 0.717) is 18.5 Å². The fourth-order valence-corrected chi connectivity index (χ4v) is 3.88. The molecule has 6 nitrogen and oxygen atoms in total. The Labute approximate surface area is 201 Å². The van der Waals surface area contributed by atoms with E-state index in [1.165, 1.54) is 11.1 Å². The molecule has 0 spiro atoms. The van der Waals surface area contributed by atoms with Crippen LogP contribution in [0.1, 0.15) is 45.8 Å². The highest BCUT2D eigenvalue weighted by atomic mass is 16.4. The van der Waals surface area contributed by atoms with Crippen LogP contribution in [0.2, 0.25) is 0 Å². The summed E-state index contributed by atoms with van der Waals surface area (Å²) < 4.78 is 0. The Bertz CT molecular complexity index is 1040. The van der Waals surface area contributed by atoms with Crippen molar-refractivity contribution in [3.63, 3.8) is 0 Å². The van der Waals surface area contributed by atoms with Gasteiger partial charge < -0.3 is 20.2 Å². The quantitative estimate of drug-likeness (QED) is 0.343. The largest absolute Gasteiger partial charge is 0.481 e. The van der Waals surface area contributed by atoms with E-state index in [0.717, 1.165) is 16.9 Å². The number of anilines is 2. The smallest absolute Gasteiger partial charge is 0.303 e. The summed E-state index contributed by atoms with van der Waals surface area (Å²) in [6.07, 6.45) is 0.452. The molecule has 0 aromatic heterocycles. The molecule has 0 radical (unpaired) electrons. The van der Waals surface area contributed by atoms with Gasteiger partial charge in [0.15, 0.2) is 0 Å². The molecule has 0 saturated carbocycles. The molecule has 0 atom stereocenters. The van der Waals surface area contributed by atoms with Crippen LogP contribution in [0.3, 0.4) is 0 Å². The number of hydrogen-bond acceptors (Lipinski definition) is 4. The topological polar surface area (TPSA) is 72.9 Å². The summed E-state index contributed by atoms with van der Waals surface area (Å²) in [6, 6.07) is 24.8. The van der Waals surface area contributed by atoms with Crippen LogP contribution >= 0.6 is 0 Å². The van der Waals surface area contributed by atoms with Crippen LogP contribution in [0, 0.1) is 0 Å². The molecular formula is C28H33N3O3. The zero-order valence-electron chi connectivity index (χ0n) is 20.3. The number of aliphatic carboxylic acids is 1. The number of hydrogen-bond donors (Lipinski definition) is 2. The van der Waals surface area contributed by atoms with Gasteiger partial charge >= 0.3 is 5.97 Å². The van der Waals surface area contributed by atoms with Gasteiger partial charge in [-0.25, -0.2) is 0 Å². The molecule has 0 unspecified atom stereocenters. The van der Waals surface area contributed by atoms with Crippen LogP contribution in [0.5, 0.6) is 0 Å². The van der Waals surface area contributed by atoms with Gasteiger partial charge in [-0.05, 0) is 59.5 Å². The first kappa shape index (κ1) is 24.8. The lowest BCUT2D eigenvalue weighted by molar-refractivity contribution is -0.137. The summed E-state index contributed by atoms with van der Waals surface area (Å²) in [7, 11) is 8.10. The minimum Gasteiger partial charge on any atom is -0.481 e. The Morgan fingerprint density at radius 1 is 0.735 bits per heavy atom. The first-order valence-electron chi connectivity index (χ1n) is 11.4. The molecule has 0 saturated heterocycles. The molecule has 2 N–H and O–H groups in total. The first-order chi connectivity index (χ1) is 16.3. The molecule has 0 fully saturated rings. The number of carboxylic acids is 1. The van der Waals surface area contributed by atoms with Gasteiger partial charge in [0.2, 0.25) is 0 Å². The maximum atomic E-state index is 12.4. The average molecular weight is 460 g/mol. The van der Waals surface area contributed by atoms with Gasteiger partial charge in [0.05, 0.1) is 0 Å². The van der Waals surface area contributed by atoms with Crippen molar-refractivity contribution in [3.05, 3.63) is 95.1 Å². The molecule has 0 heterocycles. The second-order valence-electron chi connectivity index (χ2n) is 8.78. The summed E-state index contributed by atoms with van der Waals surface area (Å²) in [4.78, 5) is 27.2. The van der Waals surface area contributed by atoms with Crippen molar-refractivity contribution < 1.29 is 14.7 Å². The van der Waals surface area contributed by atoms with E-state index in [9.17, 15) is 9.59 Å². The van der Waals surface area contributed by atoms with Crippen LogP contribution in [0.15, 0.2) is 72.8 Å². The summed E-state index contributed by atoms with van der Waals surface area (Å²) in [5.74, 6) is -1.03. The number of rotatable bonds is 10. The average Bonchev–Trinajstić information content (AvgIpc) is 2.83. The Morgan fingerprint density at radius 3 is 1.53 bits per heavy atom. The molecule has 1 amide bonds. The minimum atomic E-state index is -0.859. The molecule has 3 aromatic rings. The number of nitrogens with one attached hydrogen (secondary N) is 1. The summed E-state index contributed by atoms with van der Waals surface area (Å²) in [5, 5.41) is 11.5. The van der Waals surface area contributed by atoms with Crippen LogP contribution in [0.25, 0.3) is 0 Å². The molecule has 3 aromatic carbocycles.